The summed E-state index contributed by atoms with van der Waals surface area (Å²) in [5, 5.41) is 2.47. The Labute approximate surface area is 162 Å². The van der Waals surface area contributed by atoms with Gasteiger partial charge in [0.25, 0.3) is 11.1 Å². The van der Waals surface area contributed by atoms with E-state index in [-0.39, 0.29) is 36.6 Å². The van der Waals surface area contributed by atoms with E-state index in [1.165, 1.54) is 4.90 Å². The molecule has 3 amide bonds. The van der Waals surface area contributed by atoms with Crippen LogP contribution in [0, 0.1) is 6.92 Å². The Morgan fingerprint density at radius 3 is 2.52 bits per heavy atom. The van der Waals surface area contributed by atoms with Gasteiger partial charge in [-0.3, -0.25) is 19.3 Å². The van der Waals surface area contributed by atoms with Crippen LogP contribution in [0.15, 0.2) is 59.5 Å². The maximum Gasteiger partial charge on any atom is 0.293 e. The van der Waals surface area contributed by atoms with Gasteiger partial charge in [-0.15, -0.1) is 0 Å². The molecular formula is C21H20N2O3S. The molecule has 1 aliphatic rings. The monoisotopic (exact) mass is 380 g/mol. The summed E-state index contributed by atoms with van der Waals surface area (Å²) in [7, 11) is 0. The molecule has 0 atom stereocenters. The van der Waals surface area contributed by atoms with Crippen molar-refractivity contribution in [3.63, 3.8) is 0 Å². The molecule has 3 rings (SSSR count). The minimum Gasteiger partial charge on any atom is -0.354 e. The SMILES string of the molecule is Cc1ccccc1CC(=O)NCCN1C(=O)S/C(=C\c2ccccc2)C1=O. The first-order valence-corrected chi connectivity index (χ1v) is 9.48. The first-order valence-electron chi connectivity index (χ1n) is 8.66. The van der Waals surface area contributed by atoms with Gasteiger partial charge in [0.05, 0.1) is 11.3 Å². The zero-order valence-electron chi connectivity index (χ0n) is 15.0. The summed E-state index contributed by atoms with van der Waals surface area (Å²) in [5.41, 5.74) is 2.89. The van der Waals surface area contributed by atoms with Gasteiger partial charge in [-0.25, -0.2) is 0 Å². The number of nitrogens with one attached hydrogen (secondary N) is 1. The summed E-state index contributed by atoms with van der Waals surface area (Å²) in [5.74, 6) is -0.446. The fourth-order valence-corrected chi connectivity index (χ4v) is 3.61. The molecular weight excluding hydrogens is 360 g/mol. The van der Waals surface area contributed by atoms with Crippen LogP contribution < -0.4 is 5.32 Å². The van der Waals surface area contributed by atoms with Crippen molar-refractivity contribution in [2.24, 2.45) is 0 Å². The molecule has 1 heterocycles. The second-order valence-electron chi connectivity index (χ2n) is 6.20. The molecule has 2 aromatic carbocycles. The predicted molar refractivity (Wildman–Crippen MR) is 107 cm³/mol. The molecule has 1 aliphatic heterocycles. The minimum absolute atomic E-state index is 0.129. The number of hydrogen-bond acceptors (Lipinski definition) is 4. The molecule has 0 saturated carbocycles. The quantitative estimate of drug-likeness (QED) is 0.780. The molecule has 0 radical (unpaired) electrons. The molecule has 2 aromatic rings. The van der Waals surface area contributed by atoms with Gasteiger partial charge >= 0.3 is 0 Å². The molecule has 0 aliphatic carbocycles. The predicted octanol–water partition coefficient (Wildman–Crippen LogP) is 3.39. The Kier molecular flexibility index (Phi) is 6.08. The van der Waals surface area contributed by atoms with Crippen LogP contribution in [0.5, 0.6) is 0 Å². The highest BCUT2D eigenvalue weighted by molar-refractivity contribution is 8.18. The third-order valence-corrected chi connectivity index (χ3v) is 5.15. The molecule has 5 nitrogen and oxygen atoms in total. The molecule has 138 valence electrons. The van der Waals surface area contributed by atoms with Gasteiger partial charge in [0.15, 0.2) is 0 Å². The van der Waals surface area contributed by atoms with E-state index in [9.17, 15) is 14.4 Å². The van der Waals surface area contributed by atoms with E-state index < -0.39 is 0 Å². The Hall–Kier alpha value is -2.86. The Morgan fingerprint density at radius 2 is 1.78 bits per heavy atom. The molecule has 1 N–H and O–H groups in total. The topological polar surface area (TPSA) is 66.5 Å². The summed E-state index contributed by atoms with van der Waals surface area (Å²) < 4.78 is 0. The van der Waals surface area contributed by atoms with Crippen LogP contribution in [0.4, 0.5) is 4.79 Å². The number of hydrogen-bond donors (Lipinski definition) is 1. The van der Waals surface area contributed by atoms with Crippen LogP contribution >= 0.6 is 11.8 Å². The fraction of sp³-hybridized carbons (Fsp3) is 0.190. The van der Waals surface area contributed by atoms with Crippen molar-refractivity contribution in [3.8, 4) is 0 Å². The van der Waals surface area contributed by atoms with Gasteiger partial charge in [-0.2, -0.15) is 0 Å². The average molecular weight is 380 g/mol. The Bertz CT molecular complexity index is 893. The molecule has 6 heteroatoms. The van der Waals surface area contributed by atoms with E-state index in [4.69, 9.17) is 0 Å². The number of rotatable bonds is 6. The highest BCUT2D eigenvalue weighted by Crippen LogP contribution is 2.31. The zero-order chi connectivity index (χ0) is 19.2. The number of nitrogens with zero attached hydrogens (tertiary/aromatic N) is 1. The number of thioether (sulfide) groups is 1. The second kappa shape index (κ2) is 8.68. The second-order valence-corrected chi connectivity index (χ2v) is 7.19. The highest BCUT2D eigenvalue weighted by atomic mass is 32.2. The van der Waals surface area contributed by atoms with Gasteiger partial charge < -0.3 is 5.32 Å². The van der Waals surface area contributed by atoms with Crippen LogP contribution in [0.1, 0.15) is 16.7 Å². The molecule has 0 aromatic heterocycles. The summed E-state index contributed by atoms with van der Waals surface area (Å²) in [6.45, 7) is 2.36. The van der Waals surface area contributed by atoms with Gasteiger partial charge in [-0.05, 0) is 41.5 Å². The summed E-state index contributed by atoms with van der Waals surface area (Å²) in [6.07, 6.45) is 1.99. The molecule has 0 bridgehead atoms. The molecule has 0 unspecified atom stereocenters. The lowest BCUT2D eigenvalue weighted by atomic mass is 10.1. The van der Waals surface area contributed by atoms with Gasteiger partial charge in [0.1, 0.15) is 0 Å². The van der Waals surface area contributed by atoms with Crippen molar-refractivity contribution in [1.29, 1.82) is 0 Å². The standard InChI is InChI=1S/C21H20N2O3S/c1-15-7-5-6-10-17(15)14-19(24)22-11-12-23-20(25)18(27-21(23)26)13-16-8-3-2-4-9-16/h2-10,13H,11-12,14H2,1H3,(H,22,24)/b18-13-. The molecule has 27 heavy (non-hydrogen) atoms. The average Bonchev–Trinajstić information content (AvgIpc) is 2.92. The number of amides is 3. The highest BCUT2D eigenvalue weighted by Gasteiger charge is 2.34. The van der Waals surface area contributed by atoms with E-state index in [0.717, 1.165) is 28.5 Å². The Morgan fingerprint density at radius 1 is 1.07 bits per heavy atom. The molecule has 1 saturated heterocycles. The third kappa shape index (κ3) is 4.86. The maximum atomic E-state index is 12.4. The van der Waals surface area contributed by atoms with E-state index in [1.54, 1.807) is 6.08 Å². The van der Waals surface area contributed by atoms with Crippen molar-refractivity contribution in [2.45, 2.75) is 13.3 Å². The largest absolute Gasteiger partial charge is 0.354 e. The smallest absolute Gasteiger partial charge is 0.293 e. The molecule has 0 spiro atoms. The van der Waals surface area contributed by atoms with Crippen LogP contribution in [-0.4, -0.2) is 35.0 Å². The van der Waals surface area contributed by atoms with Crippen LogP contribution in [0.25, 0.3) is 6.08 Å². The lowest BCUT2D eigenvalue weighted by Gasteiger charge is -2.13. The van der Waals surface area contributed by atoms with Crippen LogP contribution in [0.3, 0.4) is 0 Å². The fourth-order valence-electron chi connectivity index (χ4n) is 2.74. The first kappa shape index (κ1) is 18.9. The van der Waals surface area contributed by atoms with E-state index in [2.05, 4.69) is 5.32 Å². The van der Waals surface area contributed by atoms with Crippen LogP contribution in [-0.2, 0) is 16.0 Å². The van der Waals surface area contributed by atoms with Crippen molar-refractivity contribution in [3.05, 3.63) is 76.2 Å². The van der Waals surface area contributed by atoms with Gasteiger partial charge in [-0.1, -0.05) is 54.6 Å². The summed E-state index contributed by atoms with van der Waals surface area (Å²) in [6, 6.07) is 17.1. The minimum atomic E-state index is -0.318. The number of carbonyl (C=O) groups is 3. The molecule has 1 fully saturated rings. The van der Waals surface area contributed by atoms with Crippen molar-refractivity contribution in [1.82, 2.24) is 10.2 Å². The zero-order valence-corrected chi connectivity index (χ0v) is 15.8. The van der Waals surface area contributed by atoms with Gasteiger partial charge in [0, 0.05) is 13.1 Å². The third-order valence-electron chi connectivity index (χ3n) is 4.24. The van der Waals surface area contributed by atoms with Crippen LogP contribution in [0.2, 0.25) is 0 Å². The van der Waals surface area contributed by atoms with Gasteiger partial charge in [0.2, 0.25) is 5.91 Å². The van der Waals surface area contributed by atoms with E-state index >= 15 is 0 Å². The van der Waals surface area contributed by atoms with E-state index in [0.29, 0.717) is 4.91 Å². The number of benzene rings is 2. The summed E-state index contributed by atoms with van der Waals surface area (Å²) >= 11 is 0.926. The maximum absolute atomic E-state index is 12.4. The van der Waals surface area contributed by atoms with Crippen molar-refractivity contribution >= 4 is 34.9 Å². The lowest BCUT2D eigenvalue weighted by molar-refractivity contribution is -0.124. The number of carbonyl (C=O) groups excluding carboxylic acids is 3. The van der Waals surface area contributed by atoms with Crippen molar-refractivity contribution < 1.29 is 14.4 Å². The number of aryl methyl sites for hydroxylation is 1. The summed E-state index contributed by atoms with van der Waals surface area (Å²) in [4.78, 5) is 38.2. The first-order chi connectivity index (χ1) is 13.0. The normalized spacial score (nSPS) is 15.4. The lowest BCUT2D eigenvalue weighted by Crippen LogP contribution is -2.37. The van der Waals surface area contributed by atoms with Crippen molar-refractivity contribution in [2.75, 3.05) is 13.1 Å². The number of imide groups is 1. The Balaban J connectivity index is 1.53. The van der Waals surface area contributed by atoms with E-state index in [1.807, 2.05) is 61.5 Å².